The van der Waals surface area contributed by atoms with E-state index in [1.165, 1.54) is 11.1 Å². The molecule has 1 aliphatic carbocycles. The fourth-order valence-corrected chi connectivity index (χ4v) is 4.88. The van der Waals surface area contributed by atoms with Gasteiger partial charge in [0.05, 0.1) is 6.61 Å². The van der Waals surface area contributed by atoms with Gasteiger partial charge >= 0.3 is 0 Å². The van der Waals surface area contributed by atoms with Crippen molar-refractivity contribution < 1.29 is 9.53 Å². The van der Waals surface area contributed by atoms with Crippen molar-refractivity contribution in [1.29, 1.82) is 0 Å². The summed E-state index contributed by atoms with van der Waals surface area (Å²) in [6.45, 7) is 2.93. The van der Waals surface area contributed by atoms with Crippen LogP contribution in [0.15, 0.2) is 48.5 Å². The third-order valence-electron chi connectivity index (χ3n) is 6.72. The minimum atomic E-state index is 0.0552. The number of carbonyl (C=O) groups is 1. The zero-order valence-electron chi connectivity index (χ0n) is 15.6. The summed E-state index contributed by atoms with van der Waals surface area (Å²) < 4.78 is 5.98. The van der Waals surface area contributed by atoms with Crippen molar-refractivity contribution in [3.8, 4) is 5.75 Å². The maximum Gasteiger partial charge on any atom is 0.226 e. The summed E-state index contributed by atoms with van der Waals surface area (Å²) in [5.74, 6) is 1.93. The van der Waals surface area contributed by atoms with Crippen LogP contribution in [0, 0.1) is 5.92 Å². The van der Waals surface area contributed by atoms with E-state index in [0.29, 0.717) is 18.4 Å². The zero-order valence-corrected chi connectivity index (χ0v) is 15.6. The molecule has 0 bridgehead atoms. The van der Waals surface area contributed by atoms with Crippen LogP contribution in [-0.2, 0) is 16.8 Å². The number of carbonyl (C=O) groups excluding carboxylic acids is 1. The van der Waals surface area contributed by atoms with Crippen molar-refractivity contribution in [2.45, 2.75) is 37.1 Å². The zero-order chi connectivity index (χ0) is 18.4. The van der Waals surface area contributed by atoms with Crippen molar-refractivity contribution in [2.24, 2.45) is 11.7 Å². The van der Waals surface area contributed by atoms with Crippen LogP contribution < -0.4 is 10.5 Å². The van der Waals surface area contributed by atoms with Crippen molar-refractivity contribution in [1.82, 2.24) is 4.90 Å². The Morgan fingerprint density at radius 2 is 1.93 bits per heavy atom. The molecule has 2 aromatic carbocycles. The molecule has 5 rings (SSSR count). The highest BCUT2D eigenvalue weighted by molar-refractivity contribution is 5.83. The van der Waals surface area contributed by atoms with E-state index in [-0.39, 0.29) is 11.3 Å². The lowest BCUT2D eigenvalue weighted by Crippen LogP contribution is -2.46. The number of ether oxygens (including phenoxy) is 1. The number of nitrogens with two attached hydrogens (primary N) is 1. The number of benzene rings is 2. The van der Waals surface area contributed by atoms with Gasteiger partial charge in [0.15, 0.2) is 0 Å². The smallest absolute Gasteiger partial charge is 0.226 e. The summed E-state index contributed by atoms with van der Waals surface area (Å²) in [6.07, 6.45) is 2.95. The molecular weight excluding hydrogens is 336 g/mol. The van der Waals surface area contributed by atoms with Gasteiger partial charge in [0.25, 0.3) is 0 Å². The van der Waals surface area contributed by atoms with E-state index in [0.717, 1.165) is 50.3 Å². The second-order valence-electron chi connectivity index (χ2n) is 8.29. The number of piperidine rings is 1. The molecule has 27 heavy (non-hydrogen) atoms. The van der Waals surface area contributed by atoms with Gasteiger partial charge < -0.3 is 15.4 Å². The standard InChI is InChI=1S/C23H26N2O2/c24-14-16-6-7-21-20(12-16)23(15-27-21)8-10-25(11-9-23)22(26)19-13-18(19)17-4-2-1-3-5-17/h1-7,12,18-19H,8-11,13-15,24H2/t18-,19+/m0/s1. The predicted molar refractivity (Wildman–Crippen MR) is 105 cm³/mol. The molecule has 140 valence electrons. The lowest BCUT2D eigenvalue weighted by Gasteiger charge is -2.38. The van der Waals surface area contributed by atoms with Gasteiger partial charge in [0.1, 0.15) is 5.75 Å². The average Bonchev–Trinajstić information content (AvgIpc) is 3.47. The predicted octanol–water partition coefficient (Wildman–Crippen LogP) is 3.20. The Morgan fingerprint density at radius 3 is 2.67 bits per heavy atom. The maximum absolute atomic E-state index is 13.0. The van der Waals surface area contributed by atoms with Crippen LogP contribution >= 0.6 is 0 Å². The number of amides is 1. The number of hydrogen-bond donors (Lipinski definition) is 1. The molecule has 2 heterocycles. The van der Waals surface area contributed by atoms with Crippen LogP contribution in [-0.4, -0.2) is 30.5 Å². The molecule has 4 heteroatoms. The molecule has 0 radical (unpaired) electrons. The highest BCUT2D eigenvalue weighted by atomic mass is 16.5. The van der Waals surface area contributed by atoms with E-state index in [2.05, 4.69) is 41.3 Å². The Bertz CT molecular complexity index is 856. The van der Waals surface area contributed by atoms with E-state index >= 15 is 0 Å². The van der Waals surface area contributed by atoms with E-state index in [1.54, 1.807) is 0 Å². The Balaban J connectivity index is 1.26. The first kappa shape index (κ1) is 16.8. The minimum Gasteiger partial charge on any atom is -0.492 e. The van der Waals surface area contributed by atoms with E-state index in [9.17, 15) is 4.79 Å². The molecule has 0 aromatic heterocycles. The van der Waals surface area contributed by atoms with Crippen molar-refractivity contribution in [2.75, 3.05) is 19.7 Å². The second-order valence-corrected chi connectivity index (χ2v) is 8.29. The minimum absolute atomic E-state index is 0.0552. The average molecular weight is 362 g/mol. The Kier molecular flexibility index (Phi) is 3.97. The molecule has 2 aromatic rings. The number of nitrogens with zero attached hydrogens (tertiary/aromatic N) is 1. The number of hydrogen-bond acceptors (Lipinski definition) is 3. The van der Waals surface area contributed by atoms with E-state index in [1.807, 2.05) is 12.1 Å². The molecule has 1 saturated carbocycles. The van der Waals surface area contributed by atoms with Gasteiger partial charge in [-0.2, -0.15) is 0 Å². The quantitative estimate of drug-likeness (QED) is 0.912. The monoisotopic (exact) mass is 362 g/mol. The van der Waals surface area contributed by atoms with Crippen molar-refractivity contribution in [3.05, 3.63) is 65.2 Å². The molecule has 2 atom stereocenters. The maximum atomic E-state index is 13.0. The summed E-state index contributed by atoms with van der Waals surface area (Å²) in [7, 11) is 0. The molecule has 1 spiro atoms. The van der Waals surface area contributed by atoms with Crippen LogP contribution in [0.5, 0.6) is 5.75 Å². The SMILES string of the molecule is NCc1ccc2c(c1)C1(CCN(C(=O)[C@@H]3C[C@H]3c3ccccc3)CC1)CO2. The van der Waals surface area contributed by atoms with Gasteiger partial charge in [-0.15, -0.1) is 0 Å². The van der Waals surface area contributed by atoms with E-state index < -0.39 is 0 Å². The van der Waals surface area contributed by atoms with Crippen LogP contribution in [0.4, 0.5) is 0 Å². The van der Waals surface area contributed by atoms with Gasteiger partial charge in [0.2, 0.25) is 5.91 Å². The van der Waals surface area contributed by atoms with Crippen molar-refractivity contribution >= 4 is 5.91 Å². The molecular formula is C23H26N2O2. The molecule has 1 saturated heterocycles. The Labute approximate surface area is 160 Å². The first-order valence-corrected chi connectivity index (χ1v) is 10.0. The van der Waals surface area contributed by atoms with Crippen molar-refractivity contribution in [3.63, 3.8) is 0 Å². The summed E-state index contributed by atoms with van der Waals surface area (Å²) in [5, 5.41) is 0. The largest absolute Gasteiger partial charge is 0.492 e. The normalized spacial score (nSPS) is 25.1. The molecule has 3 aliphatic rings. The third-order valence-corrected chi connectivity index (χ3v) is 6.72. The van der Waals surface area contributed by atoms with E-state index in [4.69, 9.17) is 10.5 Å². The number of rotatable bonds is 3. The van der Waals surface area contributed by atoms with Crippen LogP contribution in [0.1, 0.15) is 41.9 Å². The fraction of sp³-hybridized carbons (Fsp3) is 0.435. The molecule has 2 fully saturated rings. The second kappa shape index (κ2) is 6.38. The van der Waals surface area contributed by atoms with Crippen LogP contribution in [0.25, 0.3) is 0 Å². The molecule has 4 nitrogen and oxygen atoms in total. The highest BCUT2D eigenvalue weighted by Crippen LogP contribution is 2.50. The van der Waals surface area contributed by atoms with Gasteiger partial charge in [0, 0.05) is 36.5 Å². The fourth-order valence-electron chi connectivity index (χ4n) is 4.88. The lowest BCUT2D eigenvalue weighted by molar-refractivity contribution is -0.134. The van der Waals surface area contributed by atoms with Gasteiger partial charge in [-0.1, -0.05) is 42.5 Å². The summed E-state index contributed by atoms with van der Waals surface area (Å²) in [6, 6.07) is 16.8. The van der Waals surface area contributed by atoms with Gasteiger partial charge in [-0.3, -0.25) is 4.79 Å². The first-order valence-electron chi connectivity index (χ1n) is 10.0. The molecule has 0 unspecified atom stereocenters. The third kappa shape index (κ3) is 2.83. The lowest BCUT2D eigenvalue weighted by atomic mass is 9.74. The summed E-state index contributed by atoms with van der Waals surface area (Å²) in [5.41, 5.74) is 9.64. The van der Waals surface area contributed by atoms with Gasteiger partial charge in [-0.25, -0.2) is 0 Å². The topological polar surface area (TPSA) is 55.6 Å². The van der Waals surface area contributed by atoms with Gasteiger partial charge in [-0.05, 0) is 42.4 Å². The first-order chi connectivity index (χ1) is 13.2. The molecule has 2 aliphatic heterocycles. The Hall–Kier alpha value is -2.33. The summed E-state index contributed by atoms with van der Waals surface area (Å²) in [4.78, 5) is 15.1. The molecule has 2 N–H and O–H groups in total. The van der Waals surface area contributed by atoms with Crippen LogP contribution in [0.3, 0.4) is 0 Å². The number of likely N-dealkylation sites (tertiary alicyclic amines) is 1. The van der Waals surface area contributed by atoms with Crippen LogP contribution in [0.2, 0.25) is 0 Å². The number of fused-ring (bicyclic) bond motifs is 2. The summed E-state index contributed by atoms with van der Waals surface area (Å²) >= 11 is 0. The highest BCUT2D eigenvalue weighted by Gasteiger charge is 2.49. The molecule has 1 amide bonds. The Morgan fingerprint density at radius 1 is 1.15 bits per heavy atom.